The van der Waals surface area contributed by atoms with Crippen molar-refractivity contribution in [2.45, 2.75) is 40.2 Å². The van der Waals surface area contributed by atoms with Gasteiger partial charge in [-0.2, -0.15) is 0 Å². The molecule has 3 rings (SSSR count). The minimum Gasteiger partial charge on any atom is -0.340 e. The van der Waals surface area contributed by atoms with Crippen molar-refractivity contribution in [3.05, 3.63) is 64.7 Å². The molecule has 0 bridgehead atoms. The second kappa shape index (κ2) is 10.4. The van der Waals surface area contributed by atoms with Gasteiger partial charge in [0, 0.05) is 31.9 Å². The molecule has 1 aliphatic heterocycles. The van der Waals surface area contributed by atoms with Gasteiger partial charge in [0.1, 0.15) is 0 Å². The molecular formula is C25H32N4O3. The van der Waals surface area contributed by atoms with Gasteiger partial charge in [-0.3, -0.25) is 19.8 Å². The van der Waals surface area contributed by atoms with E-state index in [1.165, 1.54) is 0 Å². The highest BCUT2D eigenvalue weighted by Crippen LogP contribution is 2.16. The molecule has 170 valence electrons. The number of amides is 4. The molecule has 7 nitrogen and oxygen atoms in total. The Morgan fingerprint density at radius 1 is 0.938 bits per heavy atom. The molecule has 32 heavy (non-hydrogen) atoms. The monoisotopic (exact) mass is 436 g/mol. The van der Waals surface area contributed by atoms with E-state index in [2.05, 4.69) is 10.6 Å². The van der Waals surface area contributed by atoms with E-state index in [4.69, 9.17) is 0 Å². The maximum absolute atomic E-state index is 12.7. The van der Waals surface area contributed by atoms with Gasteiger partial charge in [-0.25, -0.2) is 4.79 Å². The number of hydrogen-bond acceptors (Lipinski definition) is 4. The molecule has 1 saturated heterocycles. The number of imide groups is 1. The highest BCUT2D eigenvalue weighted by atomic mass is 16.2. The highest BCUT2D eigenvalue weighted by molar-refractivity contribution is 6.03. The van der Waals surface area contributed by atoms with E-state index in [9.17, 15) is 14.4 Å². The Kier molecular flexibility index (Phi) is 7.64. The van der Waals surface area contributed by atoms with Crippen LogP contribution in [0, 0.1) is 20.8 Å². The van der Waals surface area contributed by atoms with Gasteiger partial charge in [0.15, 0.2) is 0 Å². The molecule has 1 fully saturated rings. The molecule has 1 unspecified atom stereocenters. The van der Waals surface area contributed by atoms with Crippen LogP contribution in [0.25, 0.3) is 0 Å². The van der Waals surface area contributed by atoms with Gasteiger partial charge in [0.05, 0.1) is 12.5 Å². The van der Waals surface area contributed by atoms with E-state index in [0.717, 1.165) is 22.3 Å². The standard InChI is InChI=1S/C25H32N4O3/c1-17-9-10-22(19(3)15-17)26-25(32)27-24(31)20(4)28-11-13-29(14-12-28)23(30)16-21-8-6-5-7-18(21)2/h5-10,15,20H,11-14,16H2,1-4H3,(H2,26,27,31,32). The van der Waals surface area contributed by atoms with E-state index in [0.29, 0.717) is 38.3 Å². The fourth-order valence-electron chi connectivity index (χ4n) is 3.93. The van der Waals surface area contributed by atoms with Crippen molar-refractivity contribution in [2.75, 3.05) is 31.5 Å². The molecule has 0 spiro atoms. The zero-order valence-electron chi connectivity index (χ0n) is 19.3. The Labute approximate surface area is 189 Å². The van der Waals surface area contributed by atoms with Crippen LogP contribution in [0.5, 0.6) is 0 Å². The number of anilines is 1. The average molecular weight is 437 g/mol. The highest BCUT2D eigenvalue weighted by Gasteiger charge is 2.28. The number of hydrogen-bond donors (Lipinski definition) is 2. The number of aryl methyl sites for hydroxylation is 3. The van der Waals surface area contributed by atoms with Crippen molar-refractivity contribution in [3.8, 4) is 0 Å². The summed E-state index contributed by atoms with van der Waals surface area (Å²) in [5, 5.41) is 5.16. The van der Waals surface area contributed by atoms with Crippen LogP contribution >= 0.6 is 0 Å². The van der Waals surface area contributed by atoms with Crippen molar-refractivity contribution >= 4 is 23.5 Å². The lowest BCUT2D eigenvalue weighted by atomic mass is 10.1. The Hall–Kier alpha value is -3.19. The van der Waals surface area contributed by atoms with E-state index in [-0.39, 0.29) is 11.8 Å². The third-order valence-corrected chi connectivity index (χ3v) is 6.06. The van der Waals surface area contributed by atoms with Gasteiger partial charge >= 0.3 is 6.03 Å². The number of nitrogens with zero attached hydrogens (tertiary/aromatic N) is 2. The molecule has 2 N–H and O–H groups in total. The summed E-state index contributed by atoms with van der Waals surface area (Å²) in [6.07, 6.45) is 0.390. The smallest absolute Gasteiger partial charge is 0.325 e. The summed E-state index contributed by atoms with van der Waals surface area (Å²) in [6, 6.07) is 12.6. The minimum absolute atomic E-state index is 0.101. The van der Waals surface area contributed by atoms with Gasteiger partial charge in [-0.15, -0.1) is 0 Å². The molecule has 0 aliphatic carbocycles. The van der Waals surface area contributed by atoms with Crippen molar-refractivity contribution < 1.29 is 14.4 Å². The van der Waals surface area contributed by atoms with Crippen LogP contribution in [-0.4, -0.2) is 59.9 Å². The van der Waals surface area contributed by atoms with E-state index >= 15 is 0 Å². The summed E-state index contributed by atoms with van der Waals surface area (Å²) >= 11 is 0. The fraction of sp³-hybridized carbons (Fsp3) is 0.400. The van der Waals surface area contributed by atoms with Crippen molar-refractivity contribution in [2.24, 2.45) is 0 Å². The quantitative estimate of drug-likeness (QED) is 0.755. The summed E-state index contributed by atoms with van der Waals surface area (Å²) < 4.78 is 0. The first-order chi connectivity index (χ1) is 15.2. The first kappa shape index (κ1) is 23.5. The van der Waals surface area contributed by atoms with Gasteiger partial charge < -0.3 is 10.2 Å². The van der Waals surface area contributed by atoms with E-state index < -0.39 is 12.1 Å². The molecule has 0 saturated carbocycles. The topological polar surface area (TPSA) is 81.8 Å². The Balaban J connectivity index is 1.47. The van der Waals surface area contributed by atoms with Gasteiger partial charge in [0.25, 0.3) is 0 Å². The Bertz CT molecular complexity index is 996. The molecule has 1 atom stereocenters. The second-order valence-corrected chi connectivity index (χ2v) is 8.46. The summed E-state index contributed by atoms with van der Waals surface area (Å²) in [6.45, 7) is 10.0. The number of urea groups is 1. The van der Waals surface area contributed by atoms with E-state index in [1.54, 1.807) is 6.92 Å². The zero-order valence-corrected chi connectivity index (χ0v) is 19.3. The van der Waals surface area contributed by atoms with Crippen LogP contribution < -0.4 is 10.6 Å². The molecule has 1 aliphatic rings. The predicted molar refractivity (Wildman–Crippen MR) is 126 cm³/mol. The minimum atomic E-state index is -0.541. The number of piperazine rings is 1. The van der Waals surface area contributed by atoms with Crippen LogP contribution in [0.15, 0.2) is 42.5 Å². The Morgan fingerprint density at radius 2 is 1.62 bits per heavy atom. The molecule has 0 radical (unpaired) electrons. The second-order valence-electron chi connectivity index (χ2n) is 8.46. The maximum Gasteiger partial charge on any atom is 0.325 e. The van der Waals surface area contributed by atoms with Gasteiger partial charge in [-0.1, -0.05) is 42.0 Å². The van der Waals surface area contributed by atoms with Crippen molar-refractivity contribution in [3.63, 3.8) is 0 Å². The summed E-state index contributed by atoms with van der Waals surface area (Å²) in [4.78, 5) is 41.4. The lowest BCUT2D eigenvalue weighted by Crippen LogP contribution is -2.56. The third kappa shape index (κ3) is 5.95. The van der Waals surface area contributed by atoms with Gasteiger partial charge in [-0.05, 0) is 50.5 Å². The number of carbonyl (C=O) groups excluding carboxylic acids is 3. The predicted octanol–water partition coefficient (Wildman–Crippen LogP) is 3.04. The Morgan fingerprint density at radius 3 is 2.28 bits per heavy atom. The molecule has 7 heteroatoms. The van der Waals surface area contributed by atoms with Crippen molar-refractivity contribution in [1.82, 2.24) is 15.1 Å². The lowest BCUT2D eigenvalue weighted by molar-refractivity contribution is -0.133. The first-order valence-corrected chi connectivity index (χ1v) is 11.0. The number of carbonyl (C=O) groups is 3. The third-order valence-electron chi connectivity index (χ3n) is 6.06. The van der Waals surface area contributed by atoms with Gasteiger partial charge in [0.2, 0.25) is 11.8 Å². The van der Waals surface area contributed by atoms with Crippen LogP contribution in [0.4, 0.5) is 10.5 Å². The molecule has 4 amide bonds. The number of nitrogens with one attached hydrogen (secondary N) is 2. The van der Waals surface area contributed by atoms with Crippen LogP contribution in [0.3, 0.4) is 0 Å². The molecule has 1 heterocycles. The lowest BCUT2D eigenvalue weighted by Gasteiger charge is -2.37. The summed E-state index contributed by atoms with van der Waals surface area (Å²) in [7, 11) is 0. The normalized spacial score (nSPS) is 15.2. The van der Waals surface area contributed by atoms with E-state index in [1.807, 2.05) is 73.0 Å². The average Bonchev–Trinajstić information content (AvgIpc) is 2.76. The molecule has 2 aromatic carbocycles. The van der Waals surface area contributed by atoms with Crippen LogP contribution in [-0.2, 0) is 16.0 Å². The molecular weight excluding hydrogens is 404 g/mol. The number of rotatable bonds is 5. The SMILES string of the molecule is Cc1ccc(NC(=O)NC(=O)C(C)N2CCN(C(=O)Cc3ccccc3C)CC2)c(C)c1. The number of benzene rings is 2. The van der Waals surface area contributed by atoms with Crippen molar-refractivity contribution in [1.29, 1.82) is 0 Å². The van der Waals surface area contributed by atoms with Crippen LogP contribution in [0.2, 0.25) is 0 Å². The summed E-state index contributed by atoms with van der Waals surface area (Å²) in [5.41, 5.74) is 4.88. The maximum atomic E-state index is 12.7. The molecule has 2 aromatic rings. The first-order valence-electron chi connectivity index (χ1n) is 11.0. The molecule has 0 aromatic heterocycles. The largest absolute Gasteiger partial charge is 0.340 e. The fourth-order valence-corrected chi connectivity index (χ4v) is 3.93. The zero-order chi connectivity index (χ0) is 23.3. The van der Waals surface area contributed by atoms with Crippen LogP contribution in [0.1, 0.15) is 29.2 Å². The summed E-state index contributed by atoms with van der Waals surface area (Å²) in [5.74, 6) is -0.254.